The number of carbonyl (C=O) groups is 2. The number of likely N-dealkylation sites (tertiary alicyclic amines) is 1. The number of hydrogen-bond acceptors (Lipinski definition) is 5. The summed E-state index contributed by atoms with van der Waals surface area (Å²) in [6.45, 7) is 4.18. The van der Waals surface area contributed by atoms with Crippen LogP contribution in [0, 0.1) is 11.2 Å². The monoisotopic (exact) mass is 447 g/mol. The molecule has 1 aromatic carbocycles. The molecule has 32 heavy (non-hydrogen) atoms. The number of nitrogens with zero attached hydrogens (tertiary/aromatic N) is 2. The molecule has 8 heteroatoms. The quantitative estimate of drug-likeness (QED) is 0.715. The molecule has 0 bridgehead atoms. The van der Waals surface area contributed by atoms with Crippen LogP contribution in [0.1, 0.15) is 58.3 Å². The predicted molar refractivity (Wildman–Crippen MR) is 120 cm³/mol. The van der Waals surface area contributed by atoms with Gasteiger partial charge in [-0.3, -0.25) is 10.1 Å². The number of rotatable bonds is 5. The van der Waals surface area contributed by atoms with Crippen LogP contribution in [-0.2, 0) is 9.53 Å². The molecule has 1 saturated carbocycles. The molecule has 1 unspecified atom stereocenters. The Bertz CT molecular complexity index is 843. The molecule has 2 aliphatic heterocycles. The van der Waals surface area contributed by atoms with Crippen LogP contribution in [0.15, 0.2) is 18.2 Å². The van der Waals surface area contributed by atoms with E-state index in [1.165, 1.54) is 6.07 Å². The lowest BCUT2D eigenvalue weighted by molar-refractivity contribution is -0.139. The molecular formula is C24H34FN3O4. The topological polar surface area (TPSA) is 82.1 Å². The minimum Gasteiger partial charge on any atom is -0.449 e. The van der Waals surface area contributed by atoms with E-state index in [2.05, 4.69) is 5.32 Å². The largest absolute Gasteiger partial charge is 0.449 e. The van der Waals surface area contributed by atoms with E-state index in [-0.39, 0.29) is 18.1 Å². The van der Waals surface area contributed by atoms with Crippen molar-refractivity contribution in [3.05, 3.63) is 24.0 Å². The fraction of sp³-hybridized carbons (Fsp3) is 0.667. The van der Waals surface area contributed by atoms with Gasteiger partial charge in [-0.15, -0.1) is 0 Å². The second kappa shape index (κ2) is 9.65. The van der Waals surface area contributed by atoms with Gasteiger partial charge in [0, 0.05) is 31.4 Å². The first-order chi connectivity index (χ1) is 15.4. The molecule has 0 aromatic heterocycles. The van der Waals surface area contributed by atoms with Gasteiger partial charge in [-0.2, -0.15) is 0 Å². The first kappa shape index (κ1) is 22.8. The van der Waals surface area contributed by atoms with E-state index in [4.69, 9.17) is 4.74 Å². The van der Waals surface area contributed by atoms with Crippen molar-refractivity contribution < 1.29 is 23.8 Å². The molecule has 4 rings (SSSR count). The zero-order valence-electron chi connectivity index (χ0n) is 18.8. The van der Waals surface area contributed by atoms with Crippen LogP contribution in [0.3, 0.4) is 0 Å². The molecule has 2 N–H and O–H groups in total. The lowest BCUT2D eigenvalue weighted by atomic mass is 9.78. The molecule has 1 aliphatic carbocycles. The maximum atomic E-state index is 15.0. The van der Waals surface area contributed by atoms with Crippen molar-refractivity contribution in [2.45, 2.75) is 70.4 Å². The van der Waals surface area contributed by atoms with Gasteiger partial charge >= 0.3 is 6.09 Å². The van der Waals surface area contributed by atoms with Gasteiger partial charge in [-0.25, -0.2) is 9.18 Å². The Morgan fingerprint density at radius 1 is 1.25 bits per heavy atom. The zero-order valence-corrected chi connectivity index (χ0v) is 18.8. The van der Waals surface area contributed by atoms with E-state index >= 15 is 0 Å². The molecule has 3 aliphatic rings. The Morgan fingerprint density at radius 2 is 2.03 bits per heavy atom. The second-order valence-electron chi connectivity index (χ2n) is 9.44. The van der Waals surface area contributed by atoms with Gasteiger partial charge in [0.05, 0.1) is 23.8 Å². The van der Waals surface area contributed by atoms with Crippen molar-refractivity contribution in [3.8, 4) is 0 Å². The second-order valence-corrected chi connectivity index (χ2v) is 9.44. The third-order valence-electron chi connectivity index (χ3n) is 7.20. The zero-order chi connectivity index (χ0) is 22.7. The van der Waals surface area contributed by atoms with E-state index in [1.54, 1.807) is 12.1 Å². The number of halogens is 1. The van der Waals surface area contributed by atoms with Gasteiger partial charge < -0.3 is 19.6 Å². The molecule has 2 heterocycles. The van der Waals surface area contributed by atoms with Crippen molar-refractivity contribution in [1.82, 2.24) is 4.90 Å². The Morgan fingerprint density at radius 3 is 2.75 bits per heavy atom. The van der Waals surface area contributed by atoms with Crippen molar-refractivity contribution >= 4 is 23.4 Å². The number of amides is 2. The van der Waals surface area contributed by atoms with Crippen LogP contribution in [0.4, 0.5) is 20.6 Å². The van der Waals surface area contributed by atoms with Crippen LogP contribution < -0.4 is 10.2 Å². The molecule has 1 spiro atoms. The standard InChI is InChI=1S/C24H34FN3O4/c1-2-14-32-23(31)26-17-4-9-21(20(25)15-17)27-12-3-10-24(16-27)11-13-28(22(24)30)18-5-7-19(29)8-6-18/h4,9,15,18-19,29H,2-3,5-8,10-14,16H2,1H3,(H,26,31). The number of piperidine rings is 1. The number of hydrogen-bond donors (Lipinski definition) is 2. The highest BCUT2D eigenvalue weighted by Crippen LogP contribution is 2.43. The van der Waals surface area contributed by atoms with Gasteiger partial charge in [-0.05, 0) is 69.6 Å². The molecule has 7 nitrogen and oxygen atoms in total. The van der Waals surface area contributed by atoms with E-state index in [9.17, 15) is 19.1 Å². The number of aliphatic hydroxyl groups excluding tert-OH is 1. The summed E-state index contributed by atoms with van der Waals surface area (Å²) in [4.78, 5) is 29.2. The molecule has 3 fully saturated rings. The summed E-state index contributed by atoms with van der Waals surface area (Å²) in [5.74, 6) is -0.222. The third kappa shape index (κ3) is 4.70. The summed E-state index contributed by atoms with van der Waals surface area (Å²) in [5.41, 5.74) is 0.354. The maximum absolute atomic E-state index is 15.0. The molecule has 176 valence electrons. The highest BCUT2D eigenvalue weighted by molar-refractivity contribution is 5.87. The first-order valence-electron chi connectivity index (χ1n) is 11.9. The summed E-state index contributed by atoms with van der Waals surface area (Å²) >= 11 is 0. The number of ether oxygens (including phenoxy) is 1. The Kier molecular flexibility index (Phi) is 6.88. The average molecular weight is 448 g/mol. The molecule has 2 amide bonds. The van der Waals surface area contributed by atoms with Crippen molar-refractivity contribution in [2.75, 3.05) is 36.5 Å². The van der Waals surface area contributed by atoms with Crippen molar-refractivity contribution in [1.29, 1.82) is 0 Å². The smallest absolute Gasteiger partial charge is 0.411 e. The third-order valence-corrected chi connectivity index (χ3v) is 7.20. The van der Waals surface area contributed by atoms with Crippen molar-refractivity contribution in [2.24, 2.45) is 5.41 Å². The van der Waals surface area contributed by atoms with Gasteiger partial charge in [0.1, 0.15) is 5.82 Å². The molecule has 2 saturated heterocycles. The molecular weight excluding hydrogens is 413 g/mol. The Balaban J connectivity index is 1.42. The van der Waals surface area contributed by atoms with E-state index < -0.39 is 17.3 Å². The highest BCUT2D eigenvalue weighted by atomic mass is 19.1. The summed E-state index contributed by atoms with van der Waals surface area (Å²) < 4.78 is 19.9. The van der Waals surface area contributed by atoms with Crippen LogP contribution >= 0.6 is 0 Å². The normalized spacial score (nSPS) is 28.3. The van der Waals surface area contributed by atoms with Gasteiger partial charge in [-0.1, -0.05) is 6.92 Å². The molecule has 0 radical (unpaired) electrons. The number of nitrogens with one attached hydrogen (secondary N) is 1. The summed E-state index contributed by atoms with van der Waals surface area (Å²) in [6.07, 6.45) is 5.58. The number of benzene rings is 1. The Labute approximate surface area is 188 Å². The summed E-state index contributed by atoms with van der Waals surface area (Å²) in [6, 6.07) is 4.86. The average Bonchev–Trinajstić information content (AvgIpc) is 3.08. The minimum atomic E-state index is -0.595. The SMILES string of the molecule is CCCOC(=O)Nc1ccc(N2CCCC3(CCN(C4CCC(O)CC4)C3=O)C2)c(F)c1. The van der Waals surface area contributed by atoms with Crippen molar-refractivity contribution in [3.63, 3.8) is 0 Å². The summed E-state index contributed by atoms with van der Waals surface area (Å²) in [7, 11) is 0. The lowest BCUT2D eigenvalue weighted by Crippen LogP contribution is -2.50. The molecule has 1 atom stereocenters. The lowest BCUT2D eigenvalue weighted by Gasteiger charge is -2.41. The fourth-order valence-corrected chi connectivity index (χ4v) is 5.47. The van der Waals surface area contributed by atoms with E-state index in [0.29, 0.717) is 31.1 Å². The number of anilines is 2. The molecule has 1 aromatic rings. The minimum absolute atomic E-state index is 0.195. The van der Waals surface area contributed by atoms with E-state index in [1.807, 2.05) is 16.7 Å². The van der Waals surface area contributed by atoms with Gasteiger partial charge in [0.15, 0.2) is 0 Å². The van der Waals surface area contributed by atoms with E-state index in [0.717, 1.165) is 57.9 Å². The van der Waals surface area contributed by atoms with Crippen LogP contribution in [0.2, 0.25) is 0 Å². The summed E-state index contributed by atoms with van der Waals surface area (Å²) in [5, 5.41) is 12.3. The number of carbonyl (C=O) groups excluding carboxylic acids is 2. The van der Waals surface area contributed by atoms with Crippen LogP contribution in [0.5, 0.6) is 0 Å². The van der Waals surface area contributed by atoms with Gasteiger partial charge in [0.25, 0.3) is 0 Å². The fourth-order valence-electron chi connectivity index (χ4n) is 5.47. The van der Waals surface area contributed by atoms with Crippen LogP contribution in [0.25, 0.3) is 0 Å². The van der Waals surface area contributed by atoms with Crippen LogP contribution in [-0.4, -0.2) is 60.4 Å². The van der Waals surface area contributed by atoms with Gasteiger partial charge in [0.2, 0.25) is 5.91 Å². The highest BCUT2D eigenvalue weighted by Gasteiger charge is 2.50. The first-order valence-corrected chi connectivity index (χ1v) is 11.9. The predicted octanol–water partition coefficient (Wildman–Crippen LogP) is 3.91. The number of aliphatic hydroxyl groups is 1. The Hall–Kier alpha value is -2.35. The maximum Gasteiger partial charge on any atom is 0.411 e.